The number of hydrogen-bond donors (Lipinski definition) is 1. The van der Waals surface area contributed by atoms with Gasteiger partial charge in [0.15, 0.2) is 11.6 Å². The number of benzene rings is 1. The zero-order valence-corrected chi connectivity index (χ0v) is 19.4. The summed E-state index contributed by atoms with van der Waals surface area (Å²) >= 11 is 0. The van der Waals surface area contributed by atoms with Crippen LogP contribution in [0, 0.1) is 0 Å². The minimum Gasteiger partial charge on any atom is -0.444 e. The third-order valence-corrected chi connectivity index (χ3v) is 5.72. The van der Waals surface area contributed by atoms with Crippen LogP contribution in [0.3, 0.4) is 0 Å². The third kappa shape index (κ3) is 4.40. The number of carbonyl (C=O) groups is 2. The van der Waals surface area contributed by atoms with Crippen molar-refractivity contribution in [3.63, 3.8) is 0 Å². The highest BCUT2D eigenvalue weighted by Crippen LogP contribution is 2.36. The Hall–Kier alpha value is -3.15. The van der Waals surface area contributed by atoms with Crippen molar-refractivity contribution in [3.8, 4) is 11.4 Å². The van der Waals surface area contributed by atoms with Crippen LogP contribution in [0.4, 0.5) is 16.4 Å². The molecule has 0 aromatic heterocycles. The number of nitrogens with one attached hydrogen (secondary N) is 1. The second-order valence-electron chi connectivity index (χ2n) is 9.07. The number of carbonyl (C=O) groups excluding carboxylic acids is 2. The Labute approximate surface area is 186 Å². The fourth-order valence-corrected chi connectivity index (χ4v) is 4.16. The van der Waals surface area contributed by atoms with Gasteiger partial charge in [0.2, 0.25) is 5.91 Å². The van der Waals surface area contributed by atoms with Gasteiger partial charge in [0.05, 0.1) is 29.0 Å². The molecule has 0 atom stereocenters. The molecule has 32 heavy (non-hydrogen) atoms. The van der Waals surface area contributed by atoms with Crippen LogP contribution in [0.1, 0.15) is 20.8 Å². The van der Waals surface area contributed by atoms with E-state index in [1.165, 1.54) is 0 Å². The van der Waals surface area contributed by atoms with E-state index in [2.05, 4.69) is 9.71 Å². The number of sulfonamides is 1. The van der Waals surface area contributed by atoms with E-state index in [0.717, 1.165) is 6.26 Å². The van der Waals surface area contributed by atoms with Crippen molar-refractivity contribution >= 4 is 33.7 Å². The van der Waals surface area contributed by atoms with E-state index >= 15 is 0 Å². The number of nitrogens with zero attached hydrogens (tertiary/aromatic N) is 5. The summed E-state index contributed by atoms with van der Waals surface area (Å²) < 4.78 is 34.0. The molecule has 0 unspecified atom stereocenters. The molecule has 0 aromatic rings. The number of aromatic nitrogens is 2. The highest BCUT2D eigenvalue weighted by atomic mass is 32.2. The molecule has 172 valence electrons. The van der Waals surface area contributed by atoms with Crippen LogP contribution in [-0.2, 0) is 26.1 Å². The van der Waals surface area contributed by atoms with E-state index < -0.39 is 15.6 Å². The summed E-state index contributed by atoms with van der Waals surface area (Å²) in [6.07, 6.45) is 0.638. The number of fused-ring (bicyclic) bond motifs is 3. The molecule has 1 aliphatic carbocycles. The van der Waals surface area contributed by atoms with Gasteiger partial charge in [-0.15, -0.1) is 0 Å². The first kappa shape index (κ1) is 22.1. The molecule has 0 bridgehead atoms. The Morgan fingerprint density at radius 3 is 2.62 bits per heavy atom. The van der Waals surface area contributed by atoms with Crippen LogP contribution >= 0.6 is 0 Å². The first-order chi connectivity index (χ1) is 14.8. The fraction of sp³-hybridized carbons (Fsp3) is 0.500. The number of ether oxygens (including phenoxy) is 1. The van der Waals surface area contributed by atoms with Crippen molar-refractivity contribution < 1.29 is 22.7 Å². The molecular weight excluding hydrogens is 436 g/mol. The Balaban J connectivity index is 1.63. The standard InChI is InChI=1S/C20H26N6O5S/c1-20(2,3)31-19(28)24(4)13-9-25(10-13)17-18-22-16(27)11-26(18)15-8-12(23-32(5,29)30)6-7-14(15)21-17/h6-8,13H,9-11H2,1-5H3,(H,22,27). The Bertz CT molecular complexity index is 1240. The highest BCUT2D eigenvalue weighted by molar-refractivity contribution is 7.89. The molecule has 2 amide bonds. The molecule has 12 heteroatoms. The average molecular weight is 463 g/mol. The number of anilines is 2. The maximum absolute atomic E-state index is 12.3. The number of hydrogen-bond acceptors (Lipinski definition) is 7. The topological polar surface area (TPSA) is 126 Å². The summed E-state index contributed by atoms with van der Waals surface area (Å²) in [5.74, 6) is 0.955. The first-order valence-corrected chi connectivity index (χ1v) is 12.0. The molecule has 4 aliphatic rings. The van der Waals surface area contributed by atoms with Crippen LogP contribution in [0.2, 0.25) is 0 Å². The molecule has 3 heterocycles. The number of likely N-dealkylation sites (N-methyl/N-ethyl adjacent to an activating group) is 1. The van der Waals surface area contributed by atoms with Crippen LogP contribution in [0.15, 0.2) is 22.6 Å². The van der Waals surface area contributed by atoms with Crippen LogP contribution in [0.5, 0.6) is 0 Å². The van der Waals surface area contributed by atoms with Gasteiger partial charge in [-0.2, -0.15) is 4.40 Å². The molecule has 0 aromatic carbocycles. The molecule has 4 rings (SSSR count). The lowest BCUT2D eigenvalue weighted by Gasteiger charge is -2.45. The maximum Gasteiger partial charge on any atom is 0.410 e. The van der Waals surface area contributed by atoms with E-state index in [4.69, 9.17) is 9.72 Å². The summed E-state index contributed by atoms with van der Waals surface area (Å²) in [4.78, 5) is 32.8. The Kier molecular flexibility index (Phi) is 5.15. The predicted molar refractivity (Wildman–Crippen MR) is 118 cm³/mol. The van der Waals surface area contributed by atoms with Gasteiger partial charge >= 0.3 is 6.09 Å². The first-order valence-electron chi connectivity index (χ1n) is 10.1. The van der Waals surface area contributed by atoms with E-state index in [1.54, 1.807) is 34.7 Å². The van der Waals surface area contributed by atoms with Gasteiger partial charge in [0, 0.05) is 20.1 Å². The van der Waals surface area contributed by atoms with Gasteiger partial charge in [-0.3, -0.25) is 4.79 Å². The lowest BCUT2D eigenvalue weighted by atomic mass is 10.1. The predicted octanol–water partition coefficient (Wildman–Crippen LogP) is 0.856. The van der Waals surface area contributed by atoms with E-state index in [-0.39, 0.29) is 29.9 Å². The van der Waals surface area contributed by atoms with Crippen molar-refractivity contribution in [1.82, 2.24) is 14.5 Å². The van der Waals surface area contributed by atoms with E-state index in [9.17, 15) is 18.0 Å². The van der Waals surface area contributed by atoms with E-state index in [0.29, 0.717) is 36.1 Å². The smallest absolute Gasteiger partial charge is 0.410 e. The number of amides is 2. The summed E-state index contributed by atoms with van der Waals surface area (Å²) in [5.41, 5.74) is 0.644. The molecule has 1 saturated heterocycles. The van der Waals surface area contributed by atoms with Crippen molar-refractivity contribution in [1.29, 1.82) is 0 Å². The summed E-state index contributed by atoms with van der Waals surface area (Å²) in [6.45, 7) is 6.64. The van der Waals surface area contributed by atoms with Gasteiger partial charge in [0.1, 0.15) is 12.1 Å². The maximum atomic E-state index is 12.3. The number of rotatable bonds is 3. The van der Waals surface area contributed by atoms with Crippen molar-refractivity contribution in [3.05, 3.63) is 23.6 Å². The molecular formula is C20H26N6O5S. The van der Waals surface area contributed by atoms with Gasteiger partial charge < -0.3 is 24.4 Å². The zero-order valence-electron chi connectivity index (χ0n) is 18.6. The second kappa shape index (κ2) is 7.47. The molecule has 0 saturated carbocycles. The lowest BCUT2D eigenvalue weighted by Crippen LogP contribution is -2.60. The van der Waals surface area contributed by atoms with Crippen molar-refractivity contribution in [2.75, 3.05) is 36.6 Å². The third-order valence-electron chi connectivity index (χ3n) is 5.18. The summed E-state index contributed by atoms with van der Waals surface area (Å²) in [7, 11) is -1.85. The van der Waals surface area contributed by atoms with Gasteiger partial charge in [0.25, 0.3) is 10.0 Å². The van der Waals surface area contributed by atoms with Gasteiger partial charge in [-0.05, 0) is 39.0 Å². The van der Waals surface area contributed by atoms with Gasteiger partial charge in [-0.1, -0.05) is 0 Å². The largest absolute Gasteiger partial charge is 0.444 e. The highest BCUT2D eigenvalue weighted by Gasteiger charge is 2.38. The Morgan fingerprint density at radius 2 is 2.00 bits per heavy atom. The normalized spacial score (nSPS) is 17.2. The summed E-state index contributed by atoms with van der Waals surface area (Å²) in [6, 6.07) is 4.82. The molecule has 1 N–H and O–H groups in total. The SMILES string of the molecule is CN(C(=O)OC(C)(C)C)C1CN(c2nc3ccc(=NS(C)(=O)=O)cc-3n3c2NC(=O)C3)C1. The fourth-order valence-electron chi connectivity index (χ4n) is 3.66. The quantitative estimate of drug-likeness (QED) is 0.717. The molecule has 1 fully saturated rings. The molecule has 0 spiro atoms. The monoisotopic (exact) mass is 462 g/mol. The molecule has 3 aliphatic heterocycles. The molecule has 11 nitrogen and oxygen atoms in total. The second-order valence-corrected chi connectivity index (χ2v) is 10.7. The van der Waals surface area contributed by atoms with E-state index in [1.807, 2.05) is 25.7 Å². The van der Waals surface area contributed by atoms with Crippen molar-refractivity contribution in [2.24, 2.45) is 4.40 Å². The van der Waals surface area contributed by atoms with Crippen LogP contribution in [-0.4, -0.2) is 72.9 Å². The van der Waals surface area contributed by atoms with Crippen molar-refractivity contribution in [2.45, 2.75) is 39.0 Å². The van der Waals surface area contributed by atoms with Crippen LogP contribution in [0.25, 0.3) is 11.4 Å². The lowest BCUT2D eigenvalue weighted by molar-refractivity contribution is -0.115. The summed E-state index contributed by atoms with van der Waals surface area (Å²) in [5, 5.41) is 3.11. The average Bonchev–Trinajstić information content (AvgIpc) is 2.99. The minimum absolute atomic E-state index is 0.0453. The Morgan fingerprint density at radius 1 is 1.31 bits per heavy atom. The molecule has 0 radical (unpaired) electrons. The van der Waals surface area contributed by atoms with Gasteiger partial charge in [-0.25, -0.2) is 18.2 Å². The minimum atomic E-state index is -3.56. The van der Waals surface area contributed by atoms with Crippen LogP contribution < -0.4 is 15.6 Å². The zero-order chi connectivity index (χ0) is 23.4.